The fourth-order valence-electron chi connectivity index (χ4n) is 3.98. The zero-order valence-corrected chi connectivity index (χ0v) is 17.3. The lowest BCUT2D eigenvalue weighted by molar-refractivity contribution is -0.121. The van der Waals surface area contributed by atoms with Crippen LogP contribution < -0.4 is 10.2 Å². The summed E-state index contributed by atoms with van der Waals surface area (Å²) in [5.41, 5.74) is 1.94. The number of benzene rings is 2. The lowest BCUT2D eigenvalue weighted by Crippen LogP contribution is -2.30. The summed E-state index contributed by atoms with van der Waals surface area (Å²) in [4.78, 5) is 29.9. The predicted molar refractivity (Wildman–Crippen MR) is 114 cm³/mol. The van der Waals surface area contributed by atoms with Gasteiger partial charge in [0.2, 0.25) is 17.8 Å². The minimum Gasteiger partial charge on any atom is -0.347 e. The van der Waals surface area contributed by atoms with Gasteiger partial charge >= 0.3 is 0 Å². The maximum atomic E-state index is 12.2. The molecular weight excluding hydrogens is 425 g/mol. The molecule has 0 aliphatic carbocycles. The summed E-state index contributed by atoms with van der Waals surface area (Å²) in [6.45, 7) is 0. The van der Waals surface area contributed by atoms with Gasteiger partial charge in [0, 0.05) is 22.9 Å². The second-order valence-electron chi connectivity index (χ2n) is 7.32. The molecule has 0 saturated carbocycles. The molecule has 3 heterocycles. The lowest BCUT2D eigenvalue weighted by atomic mass is 9.93. The number of halogens is 2. The third kappa shape index (κ3) is 3.24. The molecule has 30 heavy (non-hydrogen) atoms. The van der Waals surface area contributed by atoms with Crippen LogP contribution in [-0.4, -0.2) is 26.6 Å². The lowest BCUT2D eigenvalue weighted by Gasteiger charge is -2.32. The number of anilines is 2. The van der Waals surface area contributed by atoms with E-state index >= 15 is 0 Å². The van der Waals surface area contributed by atoms with Crippen molar-refractivity contribution < 1.29 is 9.59 Å². The van der Waals surface area contributed by atoms with Crippen molar-refractivity contribution in [2.45, 2.75) is 31.3 Å². The van der Waals surface area contributed by atoms with Crippen molar-refractivity contribution in [3.8, 4) is 0 Å². The number of nitrogens with zero attached hydrogens (tertiary/aromatic N) is 4. The molecule has 1 N–H and O–H groups in total. The average molecular weight is 442 g/mol. The molecule has 1 aromatic heterocycles. The Morgan fingerprint density at radius 1 is 0.967 bits per heavy atom. The fraction of sp³-hybridized carbons (Fsp3) is 0.238. The van der Waals surface area contributed by atoms with E-state index in [1.165, 1.54) is 0 Å². The average Bonchev–Trinajstić information content (AvgIpc) is 3.30. The van der Waals surface area contributed by atoms with Crippen LogP contribution >= 0.6 is 23.2 Å². The molecule has 3 aromatic rings. The van der Waals surface area contributed by atoms with E-state index in [0.29, 0.717) is 22.4 Å². The van der Waals surface area contributed by atoms with Gasteiger partial charge in [0.15, 0.2) is 0 Å². The van der Waals surface area contributed by atoms with Gasteiger partial charge in [-0.05, 0) is 35.7 Å². The molecule has 152 valence electrons. The Hall–Kier alpha value is -2.90. The third-order valence-corrected chi connectivity index (χ3v) is 6.06. The maximum Gasteiger partial charge on any atom is 0.260 e. The SMILES string of the molecule is O=C1CCC(=O)N1c1nc2n(n1)[C@H](c1ccccc1Cl)C[C@@H](c1ccc(Cl)cc1)N2. The number of hydrogen-bond donors (Lipinski definition) is 1. The second-order valence-corrected chi connectivity index (χ2v) is 8.17. The largest absolute Gasteiger partial charge is 0.347 e. The number of aromatic nitrogens is 3. The topological polar surface area (TPSA) is 80.1 Å². The number of carbonyl (C=O) groups excluding carboxylic acids is 2. The standard InChI is InChI=1S/C21H17Cl2N5O2/c22-13-7-5-12(6-8-13)16-11-17(14-3-1-2-4-15(14)23)28-20(24-16)25-21(26-28)27-18(29)9-10-19(27)30/h1-8,16-17H,9-11H2,(H,24,25,26)/t16-,17-/m0/s1. The summed E-state index contributed by atoms with van der Waals surface area (Å²) in [5.74, 6) is 0.00501. The van der Waals surface area contributed by atoms with Gasteiger partial charge in [0.05, 0.1) is 12.1 Å². The van der Waals surface area contributed by atoms with Crippen LogP contribution in [-0.2, 0) is 9.59 Å². The molecule has 5 rings (SSSR count). The van der Waals surface area contributed by atoms with Gasteiger partial charge in [0.25, 0.3) is 5.95 Å². The van der Waals surface area contributed by atoms with Gasteiger partial charge in [-0.1, -0.05) is 53.5 Å². The first-order chi connectivity index (χ1) is 14.5. The van der Waals surface area contributed by atoms with Crippen LogP contribution in [0, 0.1) is 0 Å². The van der Waals surface area contributed by atoms with Crippen molar-refractivity contribution in [2.24, 2.45) is 0 Å². The van der Waals surface area contributed by atoms with Gasteiger partial charge in [-0.15, -0.1) is 5.10 Å². The van der Waals surface area contributed by atoms with E-state index in [9.17, 15) is 9.59 Å². The van der Waals surface area contributed by atoms with Crippen molar-refractivity contribution in [1.29, 1.82) is 0 Å². The van der Waals surface area contributed by atoms with Crippen LogP contribution in [0.1, 0.15) is 42.5 Å². The molecule has 2 aliphatic rings. The van der Waals surface area contributed by atoms with Crippen LogP contribution in [0.3, 0.4) is 0 Å². The van der Waals surface area contributed by atoms with Crippen LogP contribution in [0.2, 0.25) is 10.0 Å². The fourth-order valence-corrected chi connectivity index (χ4v) is 4.37. The first-order valence-electron chi connectivity index (χ1n) is 9.60. The molecule has 0 spiro atoms. The quantitative estimate of drug-likeness (QED) is 0.609. The molecule has 0 bridgehead atoms. The second kappa shape index (κ2) is 7.41. The monoisotopic (exact) mass is 441 g/mol. The highest BCUT2D eigenvalue weighted by atomic mass is 35.5. The maximum absolute atomic E-state index is 12.2. The zero-order chi connectivity index (χ0) is 20.8. The number of carbonyl (C=O) groups is 2. The first-order valence-corrected chi connectivity index (χ1v) is 10.4. The van der Waals surface area contributed by atoms with Crippen LogP contribution in [0.15, 0.2) is 48.5 Å². The predicted octanol–water partition coefficient (Wildman–Crippen LogP) is 4.38. The molecule has 7 nitrogen and oxygen atoms in total. The Morgan fingerprint density at radius 2 is 1.67 bits per heavy atom. The molecule has 0 unspecified atom stereocenters. The molecule has 2 aromatic carbocycles. The molecule has 2 atom stereocenters. The minimum absolute atomic E-state index is 0.0712. The van der Waals surface area contributed by atoms with Gasteiger partial charge in [-0.25, -0.2) is 9.58 Å². The van der Waals surface area contributed by atoms with Crippen molar-refractivity contribution in [1.82, 2.24) is 14.8 Å². The smallest absolute Gasteiger partial charge is 0.260 e. The number of rotatable bonds is 3. The summed E-state index contributed by atoms with van der Waals surface area (Å²) < 4.78 is 1.71. The summed E-state index contributed by atoms with van der Waals surface area (Å²) >= 11 is 12.5. The van der Waals surface area contributed by atoms with Crippen LogP contribution in [0.4, 0.5) is 11.9 Å². The molecule has 2 aliphatic heterocycles. The first kappa shape index (κ1) is 19.1. The normalized spacial score (nSPS) is 20.9. The number of hydrogen-bond acceptors (Lipinski definition) is 5. The Kier molecular flexibility index (Phi) is 4.72. The summed E-state index contributed by atoms with van der Waals surface area (Å²) in [6.07, 6.45) is 1.01. The Bertz CT molecular complexity index is 1130. The molecule has 1 fully saturated rings. The number of fused-ring (bicyclic) bond motifs is 1. The minimum atomic E-state index is -0.286. The number of imide groups is 1. The molecule has 0 radical (unpaired) electrons. The Morgan fingerprint density at radius 3 is 2.37 bits per heavy atom. The van der Waals surface area contributed by atoms with E-state index in [2.05, 4.69) is 15.4 Å². The van der Waals surface area contributed by atoms with Gasteiger partial charge in [-0.2, -0.15) is 4.98 Å². The summed E-state index contributed by atoms with van der Waals surface area (Å²) in [6, 6.07) is 14.9. The van der Waals surface area contributed by atoms with E-state index in [-0.39, 0.29) is 42.7 Å². The van der Waals surface area contributed by atoms with E-state index < -0.39 is 0 Å². The third-order valence-electron chi connectivity index (χ3n) is 5.47. The van der Waals surface area contributed by atoms with Crippen LogP contribution in [0.25, 0.3) is 0 Å². The van der Waals surface area contributed by atoms with E-state index in [4.69, 9.17) is 23.2 Å². The van der Waals surface area contributed by atoms with E-state index in [0.717, 1.165) is 16.0 Å². The highest BCUT2D eigenvalue weighted by Crippen LogP contribution is 2.41. The highest BCUT2D eigenvalue weighted by molar-refractivity contribution is 6.31. The molecule has 1 saturated heterocycles. The Balaban J connectivity index is 1.59. The summed E-state index contributed by atoms with van der Waals surface area (Å²) in [7, 11) is 0. The molecule has 9 heteroatoms. The van der Waals surface area contributed by atoms with Crippen molar-refractivity contribution >= 4 is 46.9 Å². The summed E-state index contributed by atoms with van der Waals surface area (Å²) in [5, 5.41) is 9.18. The number of nitrogens with one attached hydrogen (secondary N) is 1. The van der Waals surface area contributed by atoms with Crippen molar-refractivity contribution in [2.75, 3.05) is 10.2 Å². The van der Waals surface area contributed by atoms with Gasteiger partial charge < -0.3 is 5.32 Å². The molecule has 2 amide bonds. The van der Waals surface area contributed by atoms with E-state index in [1.807, 2.05) is 48.5 Å². The van der Waals surface area contributed by atoms with Crippen LogP contribution in [0.5, 0.6) is 0 Å². The highest BCUT2D eigenvalue weighted by Gasteiger charge is 2.37. The van der Waals surface area contributed by atoms with Crippen molar-refractivity contribution in [3.05, 3.63) is 69.7 Å². The zero-order valence-electron chi connectivity index (χ0n) is 15.8. The number of amides is 2. The molecular formula is C21H17Cl2N5O2. The Labute approximate surface area is 182 Å². The van der Waals surface area contributed by atoms with E-state index in [1.54, 1.807) is 4.68 Å². The van der Waals surface area contributed by atoms with Crippen molar-refractivity contribution in [3.63, 3.8) is 0 Å². The van der Waals surface area contributed by atoms with Gasteiger partial charge in [0.1, 0.15) is 0 Å². The van der Waals surface area contributed by atoms with Gasteiger partial charge in [-0.3, -0.25) is 9.59 Å².